The molecule has 4 nitrogen and oxygen atoms in total. The SMILES string of the molecule is CCNC(=O)ON1CCCCC1. The third-order valence-electron chi connectivity index (χ3n) is 1.85. The monoisotopic (exact) mass is 172 g/mol. The summed E-state index contributed by atoms with van der Waals surface area (Å²) in [4.78, 5) is 16.0. The van der Waals surface area contributed by atoms with E-state index in [1.165, 1.54) is 6.42 Å². The van der Waals surface area contributed by atoms with Crippen molar-refractivity contribution in [2.75, 3.05) is 19.6 Å². The fourth-order valence-corrected chi connectivity index (χ4v) is 1.25. The fraction of sp³-hybridized carbons (Fsp3) is 0.875. The average molecular weight is 172 g/mol. The van der Waals surface area contributed by atoms with Crippen molar-refractivity contribution in [1.29, 1.82) is 0 Å². The summed E-state index contributed by atoms with van der Waals surface area (Å²) in [5.41, 5.74) is 0. The molecule has 0 atom stereocenters. The molecule has 12 heavy (non-hydrogen) atoms. The fourth-order valence-electron chi connectivity index (χ4n) is 1.25. The summed E-state index contributed by atoms with van der Waals surface area (Å²) in [6.07, 6.45) is 3.16. The van der Waals surface area contributed by atoms with Crippen LogP contribution in [0.15, 0.2) is 0 Å². The first-order valence-corrected chi connectivity index (χ1v) is 4.53. The molecule has 1 amide bonds. The highest BCUT2D eigenvalue weighted by Crippen LogP contribution is 2.08. The van der Waals surface area contributed by atoms with Crippen molar-refractivity contribution in [3.8, 4) is 0 Å². The Labute approximate surface area is 72.8 Å². The van der Waals surface area contributed by atoms with Gasteiger partial charge in [0, 0.05) is 19.6 Å². The van der Waals surface area contributed by atoms with Gasteiger partial charge in [-0.25, -0.2) is 4.79 Å². The van der Waals surface area contributed by atoms with E-state index in [0.717, 1.165) is 25.9 Å². The molecule has 1 saturated heterocycles. The maximum absolute atomic E-state index is 10.9. The second kappa shape index (κ2) is 4.98. The van der Waals surface area contributed by atoms with E-state index in [1.807, 2.05) is 6.92 Å². The zero-order valence-electron chi connectivity index (χ0n) is 7.51. The molecule has 1 fully saturated rings. The number of hydrogen-bond acceptors (Lipinski definition) is 3. The van der Waals surface area contributed by atoms with Crippen molar-refractivity contribution in [3.63, 3.8) is 0 Å². The maximum atomic E-state index is 10.9. The Morgan fingerprint density at radius 1 is 1.42 bits per heavy atom. The van der Waals surface area contributed by atoms with Crippen LogP contribution in [0.5, 0.6) is 0 Å². The molecule has 70 valence electrons. The van der Waals surface area contributed by atoms with Crippen LogP contribution in [0, 0.1) is 0 Å². The van der Waals surface area contributed by atoms with Crippen LogP contribution < -0.4 is 5.32 Å². The van der Waals surface area contributed by atoms with Crippen LogP contribution in [-0.4, -0.2) is 30.8 Å². The van der Waals surface area contributed by atoms with Gasteiger partial charge in [0.25, 0.3) is 0 Å². The van der Waals surface area contributed by atoms with E-state index in [2.05, 4.69) is 5.32 Å². The van der Waals surface area contributed by atoms with Gasteiger partial charge in [0.2, 0.25) is 0 Å². The van der Waals surface area contributed by atoms with Crippen molar-refractivity contribution in [2.24, 2.45) is 0 Å². The van der Waals surface area contributed by atoms with Crippen LogP contribution in [0.1, 0.15) is 26.2 Å². The van der Waals surface area contributed by atoms with E-state index >= 15 is 0 Å². The number of carbonyl (C=O) groups is 1. The Balaban J connectivity index is 2.15. The van der Waals surface area contributed by atoms with Gasteiger partial charge in [0.05, 0.1) is 0 Å². The summed E-state index contributed by atoms with van der Waals surface area (Å²) in [6.45, 7) is 4.23. The number of piperidine rings is 1. The van der Waals surface area contributed by atoms with Gasteiger partial charge in [-0.2, -0.15) is 0 Å². The van der Waals surface area contributed by atoms with Crippen LogP contribution in [0.25, 0.3) is 0 Å². The minimum Gasteiger partial charge on any atom is -0.351 e. The molecule has 0 aromatic heterocycles. The van der Waals surface area contributed by atoms with Gasteiger partial charge >= 0.3 is 6.09 Å². The minimum absolute atomic E-state index is 0.334. The molecule has 0 aromatic rings. The van der Waals surface area contributed by atoms with Gasteiger partial charge in [0.15, 0.2) is 0 Å². The van der Waals surface area contributed by atoms with Crippen LogP contribution in [-0.2, 0) is 4.84 Å². The Morgan fingerprint density at radius 2 is 2.08 bits per heavy atom. The number of amides is 1. The molecule has 1 aliphatic rings. The molecule has 0 saturated carbocycles. The molecule has 0 spiro atoms. The molecular formula is C8H16N2O2. The van der Waals surface area contributed by atoms with Gasteiger partial charge in [-0.3, -0.25) is 0 Å². The molecule has 0 radical (unpaired) electrons. The molecule has 0 aliphatic carbocycles. The average Bonchev–Trinajstić information content (AvgIpc) is 2.06. The summed E-state index contributed by atoms with van der Waals surface area (Å²) in [5.74, 6) is 0. The van der Waals surface area contributed by atoms with Gasteiger partial charge < -0.3 is 10.2 Å². The first-order valence-electron chi connectivity index (χ1n) is 4.53. The summed E-state index contributed by atoms with van der Waals surface area (Å²) in [7, 11) is 0. The number of rotatable bonds is 2. The van der Waals surface area contributed by atoms with E-state index in [1.54, 1.807) is 5.06 Å². The molecule has 4 heteroatoms. The van der Waals surface area contributed by atoms with Crippen molar-refractivity contribution >= 4 is 6.09 Å². The first kappa shape index (κ1) is 9.32. The van der Waals surface area contributed by atoms with Gasteiger partial charge in [-0.05, 0) is 19.8 Å². The van der Waals surface area contributed by atoms with Crippen LogP contribution in [0.2, 0.25) is 0 Å². The van der Waals surface area contributed by atoms with E-state index in [-0.39, 0.29) is 6.09 Å². The normalized spacial score (nSPS) is 18.8. The first-order chi connectivity index (χ1) is 5.83. The van der Waals surface area contributed by atoms with Crippen LogP contribution in [0.3, 0.4) is 0 Å². The highest BCUT2D eigenvalue weighted by atomic mass is 16.7. The minimum atomic E-state index is -0.334. The molecule has 1 heterocycles. The lowest BCUT2D eigenvalue weighted by Crippen LogP contribution is -2.36. The smallest absolute Gasteiger partial charge is 0.351 e. The highest BCUT2D eigenvalue weighted by molar-refractivity contribution is 5.66. The quantitative estimate of drug-likeness (QED) is 0.679. The predicted octanol–water partition coefficient (Wildman–Crippen LogP) is 1.13. The standard InChI is InChI=1S/C8H16N2O2/c1-2-9-8(11)12-10-6-4-3-5-7-10/h2-7H2,1H3,(H,9,11). The zero-order chi connectivity index (χ0) is 8.81. The van der Waals surface area contributed by atoms with Crippen LogP contribution >= 0.6 is 0 Å². The van der Waals surface area contributed by atoms with Crippen LogP contribution in [0.4, 0.5) is 4.79 Å². The molecule has 0 bridgehead atoms. The number of hydroxylamine groups is 2. The van der Waals surface area contributed by atoms with Crippen molar-refractivity contribution in [2.45, 2.75) is 26.2 Å². The largest absolute Gasteiger partial charge is 0.426 e. The molecule has 1 rings (SSSR count). The van der Waals surface area contributed by atoms with Crippen molar-refractivity contribution < 1.29 is 9.63 Å². The lowest BCUT2D eigenvalue weighted by Gasteiger charge is -2.24. The Kier molecular flexibility index (Phi) is 3.87. The number of nitrogens with zero attached hydrogens (tertiary/aromatic N) is 1. The van der Waals surface area contributed by atoms with E-state index < -0.39 is 0 Å². The van der Waals surface area contributed by atoms with E-state index in [4.69, 9.17) is 4.84 Å². The number of hydrogen-bond donors (Lipinski definition) is 1. The second-order valence-corrected chi connectivity index (χ2v) is 2.90. The lowest BCUT2D eigenvalue weighted by molar-refractivity contribution is -0.110. The summed E-state index contributed by atoms with van der Waals surface area (Å²) in [6, 6.07) is 0. The Hall–Kier alpha value is -0.770. The van der Waals surface area contributed by atoms with Gasteiger partial charge in [0.1, 0.15) is 0 Å². The summed E-state index contributed by atoms with van der Waals surface area (Å²) in [5, 5.41) is 4.32. The predicted molar refractivity (Wildman–Crippen MR) is 45.6 cm³/mol. The molecule has 0 unspecified atom stereocenters. The summed E-state index contributed by atoms with van der Waals surface area (Å²) < 4.78 is 0. The molecule has 1 N–H and O–H groups in total. The van der Waals surface area contributed by atoms with Crippen molar-refractivity contribution in [3.05, 3.63) is 0 Å². The second-order valence-electron chi connectivity index (χ2n) is 2.90. The third kappa shape index (κ3) is 3.09. The summed E-state index contributed by atoms with van der Waals surface area (Å²) >= 11 is 0. The third-order valence-corrected chi connectivity index (χ3v) is 1.85. The molecule has 0 aromatic carbocycles. The number of carbonyl (C=O) groups excluding carboxylic acids is 1. The lowest BCUT2D eigenvalue weighted by atomic mass is 10.2. The number of nitrogens with one attached hydrogen (secondary N) is 1. The zero-order valence-corrected chi connectivity index (χ0v) is 7.51. The van der Waals surface area contributed by atoms with E-state index in [9.17, 15) is 4.79 Å². The topological polar surface area (TPSA) is 41.6 Å². The van der Waals surface area contributed by atoms with E-state index in [0.29, 0.717) is 6.54 Å². The Bertz CT molecular complexity index is 144. The maximum Gasteiger partial charge on any atom is 0.426 e. The van der Waals surface area contributed by atoms with Gasteiger partial charge in [-0.1, -0.05) is 6.42 Å². The molecule has 1 aliphatic heterocycles. The Morgan fingerprint density at radius 3 is 2.67 bits per heavy atom. The van der Waals surface area contributed by atoms with Crippen molar-refractivity contribution in [1.82, 2.24) is 10.4 Å². The van der Waals surface area contributed by atoms with Gasteiger partial charge in [-0.15, -0.1) is 5.06 Å². The highest BCUT2D eigenvalue weighted by Gasteiger charge is 2.13. The molecular weight excluding hydrogens is 156 g/mol.